The van der Waals surface area contributed by atoms with E-state index < -0.39 is 17.6 Å². The minimum atomic E-state index is -0.537. The minimum Gasteiger partial charge on any atom is -0.370 e. The summed E-state index contributed by atoms with van der Waals surface area (Å²) >= 11 is 9.38. The number of nitrogens with two attached hydrogens (primary N) is 1. The molecule has 23 heavy (non-hydrogen) atoms. The zero-order chi connectivity index (χ0) is 17.0. The van der Waals surface area contributed by atoms with Gasteiger partial charge in [-0.2, -0.15) is 0 Å². The summed E-state index contributed by atoms with van der Waals surface area (Å²) in [6, 6.07) is 10.3. The van der Waals surface area contributed by atoms with Crippen LogP contribution in [0.2, 0.25) is 5.02 Å². The van der Waals surface area contributed by atoms with E-state index in [1.165, 1.54) is 29.2 Å². The zero-order valence-electron chi connectivity index (χ0n) is 11.9. The van der Waals surface area contributed by atoms with Crippen LogP contribution in [0.1, 0.15) is 16.8 Å². The van der Waals surface area contributed by atoms with Crippen LogP contribution in [0.3, 0.4) is 0 Å². The largest absolute Gasteiger partial charge is 0.370 e. The molecule has 4 nitrogen and oxygen atoms in total. The molecule has 0 aliphatic carbocycles. The maximum absolute atomic E-state index is 13.1. The fourth-order valence-corrected chi connectivity index (χ4v) is 2.56. The summed E-state index contributed by atoms with van der Waals surface area (Å²) in [7, 11) is 0. The Balaban J connectivity index is 2.39. The Kier molecular flexibility index (Phi) is 5.74. The highest BCUT2D eigenvalue weighted by Crippen LogP contribution is 2.25. The van der Waals surface area contributed by atoms with Crippen LogP contribution in [0.4, 0.5) is 10.1 Å². The molecule has 0 bridgehead atoms. The number of halogens is 3. The van der Waals surface area contributed by atoms with Gasteiger partial charge in [-0.05, 0) is 42.5 Å². The molecule has 0 aliphatic heterocycles. The van der Waals surface area contributed by atoms with E-state index in [2.05, 4.69) is 15.9 Å². The summed E-state index contributed by atoms with van der Waals surface area (Å²) in [5.41, 5.74) is 5.89. The summed E-state index contributed by atoms with van der Waals surface area (Å²) in [5.74, 6) is -1.36. The molecule has 0 spiro atoms. The molecule has 2 aromatic rings. The maximum atomic E-state index is 13.1. The first kappa shape index (κ1) is 17.4. The van der Waals surface area contributed by atoms with Gasteiger partial charge in [-0.3, -0.25) is 9.59 Å². The van der Waals surface area contributed by atoms with Crippen LogP contribution in [0, 0.1) is 5.82 Å². The van der Waals surface area contributed by atoms with Crippen molar-refractivity contribution >= 4 is 45.0 Å². The second-order valence-electron chi connectivity index (χ2n) is 4.77. The van der Waals surface area contributed by atoms with Gasteiger partial charge in [0.1, 0.15) is 5.82 Å². The summed E-state index contributed by atoms with van der Waals surface area (Å²) in [6.45, 7) is 0.0721. The van der Waals surface area contributed by atoms with Gasteiger partial charge in [-0.15, -0.1) is 0 Å². The van der Waals surface area contributed by atoms with E-state index in [4.69, 9.17) is 17.3 Å². The molecule has 0 heterocycles. The van der Waals surface area contributed by atoms with Gasteiger partial charge in [0.25, 0.3) is 5.91 Å². The maximum Gasteiger partial charge on any atom is 0.259 e. The van der Waals surface area contributed by atoms with Crippen molar-refractivity contribution in [3.63, 3.8) is 0 Å². The van der Waals surface area contributed by atoms with Crippen molar-refractivity contribution < 1.29 is 14.0 Å². The standard InChI is InChI=1S/C16H13BrClFN2O2/c17-10-1-6-14(18)13(9-10)16(23)21(8-7-15(20)22)12-4-2-11(19)3-5-12/h1-6,9H,7-8H2,(H2,20,22). The van der Waals surface area contributed by atoms with Gasteiger partial charge in [0.2, 0.25) is 5.91 Å². The van der Waals surface area contributed by atoms with E-state index in [9.17, 15) is 14.0 Å². The lowest BCUT2D eigenvalue weighted by Gasteiger charge is -2.23. The van der Waals surface area contributed by atoms with Gasteiger partial charge < -0.3 is 10.6 Å². The second kappa shape index (κ2) is 7.57. The van der Waals surface area contributed by atoms with Crippen LogP contribution in [-0.4, -0.2) is 18.4 Å². The first-order chi connectivity index (χ1) is 10.9. The van der Waals surface area contributed by atoms with Gasteiger partial charge in [-0.25, -0.2) is 4.39 Å². The minimum absolute atomic E-state index is 0.0191. The van der Waals surface area contributed by atoms with E-state index in [1.54, 1.807) is 18.2 Å². The molecular formula is C16H13BrClFN2O2. The molecule has 120 valence electrons. The first-order valence-electron chi connectivity index (χ1n) is 6.69. The Morgan fingerprint density at radius 2 is 1.83 bits per heavy atom. The van der Waals surface area contributed by atoms with Crippen molar-refractivity contribution in [2.24, 2.45) is 5.73 Å². The van der Waals surface area contributed by atoms with Crippen molar-refractivity contribution in [3.05, 3.63) is 63.3 Å². The normalized spacial score (nSPS) is 10.4. The van der Waals surface area contributed by atoms with Crippen LogP contribution >= 0.6 is 27.5 Å². The fourth-order valence-electron chi connectivity index (χ4n) is 2.00. The van der Waals surface area contributed by atoms with Crippen molar-refractivity contribution in [2.45, 2.75) is 6.42 Å². The molecule has 2 N–H and O–H groups in total. The summed E-state index contributed by atoms with van der Waals surface area (Å²) < 4.78 is 13.8. The fraction of sp³-hybridized carbons (Fsp3) is 0.125. The Hall–Kier alpha value is -1.92. The van der Waals surface area contributed by atoms with E-state index >= 15 is 0 Å². The van der Waals surface area contributed by atoms with Crippen molar-refractivity contribution in [1.82, 2.24) is 0 Å². The Morgan fingerprint density at radius 1 is 1.17 bits per heavy atom. The molecule has 2 amide bonds. The lowest BCUT2D eigenvalue weighted by atomic mass is 10.1. The predicted molar refractivity (Wildman–Crippen MR) is 91.0 cm³/mol. The molecule has 0 saturated heterocycles. The third kappa shape index (κ3) is 4.53. The van der Waals surface area contributed by atoms with Gasteiger partial charge in [0.15, 0.2) is 0 Å². The second-order valence-corrected chi connectivity index (χ2v) is 6.10. The van der Waals surface area contributed by atoms with E-state index in [-0.39, 0.29) is 23.6 Å². The summed E-state index contributed by atoms with van der Waals surface area (Å²) in [6.07, 6.45) is -0.0191. The Bertz CT molecular complexity index is 737. The van der Waals surface area contributed by atoms with Crippen LogP contribution < -0.4 is 10.6 Å². The number of rotatable bonds is 5. The Morgan fingerprint density at radius 3 is 2.43 bits per heavy atom. The van der Waals surface area contributed by atoms with Gasteiger partial charge in [0, 0.05) is 23.1 Å². The monoisotopic (exact) mass is 398 g/mol. The molecule has 2 aromatic carbocycles. The van der Waals surface area contributed by atoms with Crippen molar-refractivity contribution in [1.29, 1.82) is 0 Å². The average molecular weight is 400 g/mol. The SMILES string of the molecule is NC(=O)CCN(C(=O)c1cc(Br)ccc1Cl)c1ccc(F)cc1. The van der Waals surface area contributed by atoms with Crippen molar-refractivity contribution in [2.75, 3.05) is 11.4 Å². The van der Waals surface area contributed by atoms with E-state index in [0.29, 0.717) is 10.2 Å². The first-order valence-corrected chi connectivity index (χ1v) is 7.86. The molecule has 7 heteroatoms. The highest BCUT2D eigenvalue weighted by molar-refractivity contribution is 9.10. The summed E-state index contributed by atoms with van der Waals surface area (Å²) in [4.78, 5) is 25.2. The van der Waals surface area contributed by atoms with Gasteiger partial charge >= 0.3 is 0 Å². The zero-order valence-corrected chi connectivity index (χ0v) is 14.3. The van der Waals surface area contributed by atoms with Gasteiger partial charge in [0.05, 0.1) is 10.6 Å². The van der Waals surface area contributed by atoms with Gasteiger partial charge in [-0.1, -0.05) is 27.5 Å². The van der Waals surface area contributed by atoms with Crippen molar-refractivity contribution in [3.8, 4) is 0 Å². The lowest BCUT2D eigenvalue weighted by molar-refractivity contribution is -0.117. The molecule has 0 atom stereocenters. The number of amides is 2. The third-order valence-corrected chi connectivity index (χ3v) is 3.95. The highest BCUT2D eigenvalue weighted by Gasteiger charge is 2.21. The number of nitrogens with zero attached hydrogens (tertiary/aromatic N) is 1. The number of carbonyl (C=O) groups is 2. The predicted octanol–water partition coefficient (Wildman–Crippen LogP) is 3.76. The summed E-state index contributed by atoms with van der Waals surface area (Å²) in [5, 5.41) is 0.282. The molecule has 0 saturated carbocycles. The van der Waals surface area contributed by atoms with E-state index in [0.717, 1.165) is 0 Å². The molecule has 2 rings (SSSR count). The molecular weight excluding hydrogens is 387 g/mol. The Labute approximate surface area is 146 Å². The quantitative estimate of drug-likeness (QED) is 0.832. The molecule has 0 radical (unpaired) electrons. The number of hydrogen-bond donors (Lipinski definition) is 1. The average Bonchev–Trinajstić information content (AvgIpc) is 2.51. The number of benzene rings is 2. The molecule has 0 aliphatic rings. The molecule has 0 unspecified atom stereocenters. The number of carbonyl (C=O) groups excluding carboxylic acids is 2. The topological polar surface area (TPSA) is 63.4 Å². The third-order valence-electron chi connectivity index (χ3n) is 3.12. The van der Waals surface area contributed by atoms with Crippen LogP contribution in [0.15, 0.2) is 46.9 Å². The van der Waals surface area contributed by atoms with Crippen LogP contribution in [0.5, 0.6) is 0 Å². The van der Waals surface area contributed by atoms with E-state index in [1.807, 2.05) is 0 Å². The molecule has 0 fully saturated rings. The van der Waals surface area contributed by atoms with Crippen LogP contribution in [0.25, 0.3) is 0 Å². The number of anilines is 1. The van der Waals surface area contributed by atoms with Crippen LogP contribution in [-0.2, 0) is 4.79 Å². The highest BCUT2D eigenvalue weighted by atomic mass is 79.9. The molecule has 0 aromatic heterocycles. The lowest BCUT2D eigenvalue weighted by Crippen LogP contribution is -2.34. The number of hydrogen-bond acceptors (Lipinski definition) is 2. The number of primary amides is 1. The smallest absolute Gasteiger partial charge is 0.259 e.